The van der Waals surface area contributed by atoms with Crippen LogP contribution < -0.4 is 5.32 Å². The molecule has 1 fully saturated rings. The molecule has 18 heavy (non-hydrogen) atoms. The van der Waals surface area contributed by atoms with Crippen LogP contribution in [0, 0.1) is 11.8 Å². The van der Waals surface area contributed by atoms with E-state index < -0.39 is 0 Å². The molecule has 1 N–H and O–H groups in total. The van der Waals surface area contributed by atoms with Crippen LogP contribution in [0.25, 0.3) is 0 Å². The van der Waals surface area contributed by atoms with Crippen LogP contribution in [-0.2, 0) is 13.5 Å². The van der Waals surface area contributed by atoms with E-state index in [9.17, 15) is 0 Å². The zero-order valence-electron chi connectivity index (χ0n) is 12.0. The lowest BCUT2D eigenvalue weighted by Crippen LogP contribution is -2.41. The second kappa shape index (κ2) is 6.37. The monoisotopic (exact) mass is 249 g/mol. The summed E-state index contributed by atoms with van der Waals surface area (Å²) in [6.45, 7) is 5.81. The SMILES string of the molecule is CC(C)C1CCCCC1NCCc1ccnn1C. The van der Waals surface area contributed by atoms with Crippen LogP contribution in [-0.4, -0.2) is 22.4 Å². The molecular formula is C15H27N3. The molecule has 3 heteroatoms. The fourth-order valence-corrected chi connectivity index (χ4v) is 3.24. The second-order valence-corrected chi connectivity index (χ2v) is 5.95. The third kappa shape index (κ3) is 3.35. The molecule has 0 aliphatic heterocycles. The highest BCUT2D eigenvalue weighted by Gasteiger charge is 2.26. The Labute approximate surface area is 111 Å². The molecule has 1 heterocycles. The van der Waals surface area contributed by atoms with Gasteiger partial charge in [0.25, 0.3) is 0 Å². The Morgan fingerprint density at radius 2 is 2.17 bits per heavy atom. The smallest absolute Gasteiger partial charge is 0.0492 e. The maximum Gasteiger partial charge on any atom is 0.0492 e. The Morgan fingerprint density at radius 1 is 1.39 bits per heavy atom. The number of nitrogens with one attached hydrogen (secondary N) is 1. The molecule has 0 spiro atoms. The second-order valence-electron chi connectivity index (χ2n) is 5.95. The molecule has 2 unspecified atom stereocenters. The molecule has 102 valence electrons. The zero-order valence-corrected chi connectivity index (χ0v) is 12.0. The van der Waals surface area contributed by atoms with Gasteiger partial charge in [0.1, 0.15) is 0 Å². The van der Waals surface area contributed by atoms with Crippen molar-refractivity contribution in [2.45, 2.75) is 52.0 Å². The predicted molar refractivity (Wildman–Crippen MR) is 75.5 cm³/mol. The molecule has 0 saturated heterocycles. The molecule has 1 saturated carbocycles. The Morgan fingerprint density at radius 3 is 2.83 bits per heavy atom. The lowest BCUT2D eigenvalue weighted by molar-refractivity contribution is 0.206. The number of hydrogen-bond donors (Lipinski definition) is 1. The van der Waals surface area contributed by atoms with Gasteiger partial charge in [0, 0.05) is 37.9 Å². The predicted octanol–water partition coefficient (Wildman–Crippen LogP) is 2.77. The highest BCUT2D eigenvalue weighted by atomic mass is 15.3. The van der Waals surface area contributed by atoms with Crippen molar-refractivity contribution in [3.05, 3.63) is 18.0 Å². The standard InChI is InChI=1S/C15H27N3/c1-12(2)14-6-4-5-7-15(14)16-10-8-13-9-11-17-18(13)3/h9,11-12,14-16H,4-8,10H2,1-3H3. The summed E-state index contributed by atoms with van der Waals surface area (Å²) in [5, 5.41) is 7.99. The van der Waals surface area contributed by atoms with E-state index in [-0.39, 0.29) is 0 Å². The number of aromatic nitrogens is 2. The number of aryl methyl sites for hydroxylation is 1. The van der Waals surface area contributed by atoms with Crippen LogP contribution in [0.1, 0.15) is 45.2 Å². The van der Waals surface area contributed by atoms with Gasteiger partial charge in [-0.25, -0.2) is 0 Å². The first kappa shape index (κ1) is 13.6. The third-order valence-electron chi connectivity index (χ3n) is 4.39. The minimum atomic E-state index is 0.729. The van der Waals surface area contributed by atoms with Crippen molar-refractivity contribution in [1.29, 1.82) is 0 Å². The minimum absolute atomic E-state index is 0.729. The van der Waals surface area contributed by atoms with Gasteiger partial charge in [0.2, 0.25) is 0 Å². The molecule has 0 radical (unpaired) electrons. The van der Waals surface area contributed by atoms with Gasteiger partial charge in [-0.05, 0) is 30.7 Å². The van der Waals surface area contributed by atoms with Crippen molar-refractivity contribution in [2.24, 2.45) is 18.9 Å². The van der Waals surface area contributed by atoms with Crippen LogP contribution in [0.2, 0.25) is 0 Å². The summed E-state index contributed by atoms with van der Waals surface area (Å²) in [7, 11) is 2.02. The largest absolute Gasteiger partial charge is 0.313 e. The van der Waals surface area contributed by atoms with Crippen molar-refractivity contribution in [3.8, 4) is 0 Å². The van der Waals surface area contributed by atoms with Crippen molar-refractivity contribution in [1.82, 2.24) is 15.1 Å². The Bertz CT molecular complexity index is 356. The first-order chi connectivity index (χ1) is 8.68. The zero-order chi connectivity index (χ0) is 13.0. The van der Waals surface area contributed by atoms with E-state index in [4.69, 9.17) is 0 Å². The van der Waals surface area contributed by atoms with Gasteiger partial charge in [-0.1, -0.05) is 26.7 Å². The van der Waals surface area contributed by atoms with E-state index in [1.54, 1.807) is 0 Å². The topological polar surface area (TPSA) is 29.9 Å². The summed E-state index contributed by atoms with van der Waals surface area (Å²) in [6.07, 6.45) is 8.54. The summed E-state index contributed by atoms with van der Waals surface area (Å²) >= 11 is 0. The molecule has 0 aromatic carbocycles. The molecule has 0 bridgehead atoms. The summed E-state index contributed by atoms with van der Waals surface area (Å²) in [5.74, 6) is 1.67. The quantitative estimate of drug-likeness (QED) is 0.869. The lowest BCUT2D eigenvalue weighted by Gasteiger charge is -2.35. The molecule has 2 atom stereocenters. The Hall–Kier alpha value is -0.830. The van der Waals surface area contributed by atoms with Gasteiger partial charge in [-0.3, -0.25) is 4.68 Å². The summed E-state index contributed by atoms with van der Waals surface area (Å²) in [6, 6.07) is 2.84. The van der Waals surface area contributed by atoms with Gasteiger partial charge in [0.05, 0.1) is 0 Å². The summed E-state index contributed by atoms with van der Waals surface area (Å²) < 4.78 is 1.97. The van der Waals surface area contributed by atoms with E-state index in [0.29, 0.717) is 0 Å². The Balaban J connectivity index is 1.79. The van der Waals surface area contributed by atoms with Crippen molar-refractivity contribution in [2.75, 3.05) is 6.54 Å². The molecule has 1 aromatic rings. The van der Waals surface area contributed by atoms with Gasteiger partial charge in [0.15, 0.2) is 0 Å². The Kier molecular flexibility index (Phi) is 4.81. The van der Waals surface area contributed by atoms with E-state index in [1.807, 2.05) is 17.9 Å². The number of nitrogens with zero attached hydrogens (tertiary/aromatic N) is 2. The summed E-state index contributed by atoms with van der Waals surface area (Å²) in [5.41, 5.74) is 1.32. The van der Waals surface area contributed by atoms with Crippen molar-refractivity contribution < 1.29 is 0 Å². The normalized spacial score (nSPS) is 24.7. The first-order valence-corrected chi connectivity index (χ1v) is 7.38. The minimum Gasteiger partial charge on any atom is -0.313 e. The van der Waals surface area contributed by atoms with Crippen LogP contribution in [0.3, 0.4) is 0 Å². The van der Waals surface area contributed by atoms with Crippen LogP contribution >= 0.6 is 0 Å². The highest BCUT2D eigenvalue weighted by Crippen LogP contribution is 2.30. The molecule has 1 aliphatic carbocycles. The average molecular weight is 249 g/mol. The van der Waals surface area contributed by atoms with Crippen LogP contribution in [0.5, 0.6) is 0 Å². The summed E-state index contributed by atoms with van der Waals surface area (Å²) in [4.78, 5) is 0. The maximum atomic E-state index is 4.21. The molecular weight excluding hydrogens is 222 g/mol. The molecule has 3 nitrogen and oxygen atoms in total. The van der Waals surface area contributed by atoms with Gasteiger partial charge >= 0.3 is 0 Å². The van der Waals surface area contributed by atoms with Crippen molar-refractivity contribution in [3.63, 3.8) is 0 Å². The fraction of sp³-hybridized carbons (Fsp3) is 0.800. The van der Waals surface area contributed by atoms with Gasteiger partial charge in [-0.2, -0.15) is 5.10 Å². The molecule has 2 rings (SSSR count). The fourth-order valence-electron chi connectivity index (χ4n) is 3.24. The lowest BCUT2D eigenvalue weighted by atomic mass is 9.78. The van der Waals surface area contributed by atoms with E-state index in [1.165, 1.54) is 31.4 Å². The first-order valence-electron chi connectivity index (χ1n) is 7.38. The van der Waals surface area contributed by atoms with Crippen molar-refractivity contribution >= 4 is 0 Å². The number of hydrogen-bond acceptors (Lipinski definition) is 2. The van der Waals surface area contributed by atoms with E-state index >= 15 is 0 Å². The number of rotatable bonds is 5. The van der Waals surface area contributed by atoms with Crippen LogP contribution in [0.4, 0.5) is 0 Å². The highest BCUT2D eigenvalue weighted by molar-refractivity contribution is 5.00. The molecule has 1 aliphatic rings. The molecule has 0 amide bonds. The maximum absolute atomic E-state index is 4.21. The molecule has 1 aromatic heterocycles. The van der Waals surface area contributed by atoms with E-state index in [2.05, 4.69) is 30.3 Å². The van der Waals surface area contributed by atoms with Crippen LogP contribution in [0.15, 0.2) is 12.3 Å². The van der Waals surface area contributed by atoms with Gasteiger partial charge in [-0.15, -0.1) is 0 Å². The average Bonchev–Trinajstić information content (AvgIpc) is 2.76. The van der Waals surface area contributed by atoms with Gasteiger partial charge < -0.3 is 5.32 Å². The third-order valence-corrected chi connectivity index (χ3v) is 4.39. The van der Waals surface area contributed by atoms with E-state index in [0.717, 1.165) is 30.8 Å².